The molecule has 0 unspecified atom stereocenters. The summed E-state index contributed by atoms with van der Waals surface area (Å²) in [7, 11) is 0. The van der Waals surface area contributed by atoms with Gasteiger partial charge in [0.2, 0.25) is 5.75 Å². The van der Waals surface area contributed by atoms with Crippen LogP contribution in [0.4, 0.5) is 0 Å². The Morgan fingerprint density at radius 1 is 0.833 bits per heavy atom. The Kier molecular flexibility index (Phi) is 3.09. The van der Waals surface area contributed by atoms with E-state index in [1.165, 1.54) is 6.07 Å². The van der Waals surface area contributed by atoms with Gasteiger partial charge in [0.15, 0.2) is 5.75 Å². The molecule has 0 aliphatic rings. The highest BCUT2D eigenvalue weighted by Gasteiger charge is 2.18. The van der Waals surface area contributed by atoms with Crippen molar-refractivity contribution in [3.05, 3.63) is 75.4 Å². The molecule has 0 bridgehead atoms. The molecule has 118 valence electrons. The first-order chi connectivity index (χ1) is 11.6. The Morgan fingerprint density at radius 3 is 2.33 bits per heavy atom. The van der Waals surface area contributed by atoms with Gasteiger partial charge in [0, 0.05) is 5.39 Å². The quantitative estimate of drug-likeness (QED) is 0.569. The zero-order valence-electron chi connectivity index (χ0n) is 12.2. The molecule has 0 spiro atoms. The number of hydrogen-bond acceptors (Lipinski definition) is 6. The summed E-state index contributed by atoms with van der Waals surface area (Å²) in [5, 5.41) is 11.2. The predicted molar refractivity (Wildman–Crippen MR) is 86.7 cm³/mol. The molecule has 4 rings (SSSR count). The first kappa shape index (κ1) is 14.1. The van der Waals surface area contributed by atoms with Crippen LogP contribution in [0.15, 0.2) is 73.0 Å². The van der Waals surface area contributed by atoms with Crippen LogP contribution in [-0.2, 0) is 0 Å². The molecule has 0 amide bonds. The van der Waals surface area contributed by atoms with E-state index in [1.54, 1.807) is 48.5 Å². The van der Waals surface area contributed by atoms with Crippen molar-refractivity contribution >= 4 is 21.9 Å². The molecule has 0 saturated heterocycles. The van der Waals surface area contributed by atoms with Crippen molar-refractivity contribution in [2.45, 2.75) is 0 Å². The molecular weight excluding hydrogens is 312 g/mol. The molecule has 1 N–H and O–H groups in total. The third kappa shape index (κ3) is 2.21. The number of hydrogen-bond donors (Lipinski definition) is 1. The average Bonchev–Trinajstić information content (AvgIpc) is 2.59. The van der Waals surface area contributed by atoms with Gasteiger partial charge >= 0.3 is 11.3 Å². The molecule has 0 atom stereocenters. The van der Waals surface area contributed by atoms with Gasteiger partial charge in [0.25, 0.3) is 5.75 Å². The largest absolute Gasteiger partial charge is 0.504 e. The highest BCUT2D eigenvalue weighted by atomic mass is 16.5. The van der Waals surface area contributed by atoms with E-state index in [-0.39, 0.29) is 11.3 Å². The molecule has 2 aromatic carbocycles. The second-order valence-corrected chi connectivity index (χ2v) is 5.10. The maximum absolute atomic E-state index is 12.0. The monoisotopic (exact) mass is 322 g/mol. The van der Waals surface area contributed by atoms with Crippen LogP contribution in [0.5, 0.6) is 17.2 Å². The van der Waals surface area contributed by atoms with Gasteiger partial charge in [-0.1, -0.05) is 30.3 Å². The number of rotatable bonds is 2. The summed E-state index contributed by atoms with van der Waals surface area (Å²) in [6.07, 6.45) is 0. The van der Waals surface area contributed by atoms with Crippen LogP contribution >= 0.6 is 0 Å². The van der Waals surface area contributed by atoms with Gasteiger partial charge in [-0.25, -0.2) is 9.59 Å². The molecular formula is C18H10O6. The Morgan fingerprint density at radius 2 is 1.50 bits per heavy atom. The highest BCUT2D eigenvalue weighted by molar-refractivity contribution is 5.85. The molecule has 6 nitrogen and oxygen atoms in total. The minimum Gasteiger partial charge on any atom is -0.504 e. The molecule has 4 aromatic rings. The molecule has 2 heterocycles. The fourth-order valence-corrected chi connectivity index (χ4v) is 2.43. The van der Waals surface area contributed by atoms with Crippen LogP contribution in [0.1, 0.15) is 0 Å². The van der Waals surface area contributed by atoms with E-state index in [2.05, 4.69) is 0 Å². The summed E-state index contributed by atoms with van der Waals surface area (Å²) >= 11 is 0. The van der Waals surface area contributed by atoms with E-state index in [0.717, 1.165) is 0 Å². The third-order valence-corrected chi connectivity index (χ3v) is 3.57. The first-order valence-electron chi connectivity index (χ1n) is 7.09. The van der Waals surface area contributed by atoms with Crippen LogP contribution in [0.2, 0.25) is 0 Å². The molecule has 0 fully saturated rings. The van der Waals surface area contributed by atoms with Crippen molar-refractivity contribution in [3.63, 3.8) is 0 Å². The molecule has 0 aliphatic heterocycles. The lowest BCUT2D eigenvalue weighted by Crippen LogP contribution is -2.09. The van der Waals surface area contributed by atoms with Crippen molar-refractivity contribution in [2.75, 3.05) is 0 Å². The first-order valence-corrected chi connectivity index (χ1v) is 7.09. The van der Waals surface area contributed by atoms with E-state index in [4.69, 9.17) is 13.6 Å². The summed E-state index contributed by atoms with van der Waals surface area (Å²) in [5.74, 6) is -1.07. The highest BCUT2D eigenvalue weighted by Crippen LogP contribution is 2.33. The summed E-state index contributed by atoms with van der Waals surface area (Å²) < 4.78 is 15.6. The number of fused-ring (bicyclic) bond motifs is 2. The summed E-state index contributed by atoms with van der Waals surface area (Å²) in [6.45, 7) is 0. The summed E-state index contributed by atoms with van der Waals surface area (Å²) in [5.41, 5.74) is -1.04. The van der Waals surface area contributed by atoms with Crippen molar-refractivity contribution in [1.82, 2.24) is 0 Å². The second kappa shape index (κ2) is 5.27. The zero-order chi connectivity index (χ0) is 16.7. The lowest BCUT2D eigenvalue weighted by molar-refractivity contribution is 0.373. The van der Waals surface area contributed by atoms with Gasteiger partial charge in [0.05, 0.1) is 5.39 Å². The standard InChI is InChI=1S/C18H10O6/c19-15-11-6-2-4-8-13(11)24-18(21)16(15)22-14-9-10-5-1-3-7-12(10)23-17(14)20/h1-9,19H. The minimum atomic E-state index is -0.890. The van der Waals surface area contributed by atoms with Crippen LogP contribution in [0.3, 0.4) is 0 Å². The van der Waals surface area contributed by atoms with Gasteiger partial charge in [-0.3, -0.25) is 0 Å². The molecule has 6 heteroatoms. The fraction of sp³-hybridized carbons (Fsp3) is 0. The van der Waals surface area contributed by atoms with Crippen molar-refractivity contribution < 1.29 is 18.7 Å². The molecule has 2 aromatic heterocycles. The van der Waals surface area contributed by atoms with E-state index in [9.17, 15) is 14.7 Å². The SMILES string of the molecule is O=c1oc2ccccc2cc1Oc1c(O)c2ccccc2oc1=O. The van der Waals surface area contributed by atoms with Crippen LogP contribution < -0.4 is 16.0 Å². The number of benzene rings is 2. The van der Waals surface area contributed by atoms with E-state index in [0.29, 0.717) is 16.4 Å². The maximum atomic E-state index is 12.0. The molecule has 0 radical (unpaired) electrons. The topological polar surface area (TPSA) is 89.9 Å². The van der Waals surface area contributed by atoms with E-state index < -0.39 is 22.8 Å². The van der Waals surface area contributed by atoms with Gasteiger partial charge in [-0.2, -0.15) is 0 Å². The van der Waals surface area contributed by atoms with E-state index in [1.807, 2.05) is 0 Å². The normalized spacial score (nSPS) is 11.0. The summed E-state index contributed by atoms with van der Waals surface area (Å²) in [6, 6.07) is 14.8. The van der Waals surface area contributed by atoms with E-state index >= 15 is 0 Å². The third-order valence-electron chi connectivity index (χ3n) is 3.57. The molecule has 0 saturated carbocycles. The lowest BCUT2D eigenvalue weighted by atomic mass is 10.2. The summed E-state index contributed by atoms with van der Waals surface area (Å²) in [4.78, 5) is 24.1. The molecule has 24 heavy (non-hydrogen) atoms. The number of para-hydroxylation sites is 2. The van der Waals surface area contributed by atoms with Gasteiger partial charge in [-0.05, 0) is 24.3 Å². The Labute approximate surface area is 134 Å². The van der Waals surface area contributed by atoms with Gasteiger partial charge in [-0.15, -0.1) is 0 Å². The Balaban J connectivity index is 1.90. The minimum absolute atomic E-state index is 0.216. The van der Waals surface area contributed by atoms with Gasteiger partial charge in [0.1, 0.15) is 11.2 Å². The Hall–Kier alpha value is -3.54. The van der Waals surface area contributed by atoms with Gasteiger partial charge < -0.3 is 18.7 Å². The fourth-order valence-electron chi connectivity index (χ4n) is 2.43. The Bertz CT molecular complexity index is 1190. The number of aromatic hydroxyl groups is 1. The molecule has 0 aliphatic carbocycles. The zero-order valence-corrected chi connectivity index (χ0v) is 12.2. The maximum Gasteiger partial charge on any atom is 0.383 e. The van der Waals surface area contributed by atoms with Crippen molar-refractivity contribution in [2.24, 2.45) is 0 Å². The van der Waals surface area contributed by atoms with Crippen LogP contribution in [-0.4, -0.2) is 5.11 Å². The lowest BCUT2D eigenvalue weighted by Gasteiger charge is -2.07. The average molecular weight is 322 g/mol. The van der Waals surface area contributed by atoms with Crippen molar-refractivity contribution in [3.8, 4) is 17.2 Å². The van der Waals surface area contributed by atoms with Crippen molar-refractivity contribution in [1.29, 1.82) is 0 Å². The number of ether oxygens (including phenoxy) is 1. The smallest absolute Gasteiger partial charge is 0.383 e. The van der Waals surface area contributed by atoms with Crippen LogP contribution in [0, 0.1) is 0 Å². The van der Waals surface area contributed by atoms with Crippen LogP contribution in [0.25, 0.3) is 21.9 Å². The predicted octanol–water partition coefficient (Wildman–Crippen LogP) is 3.40. The second-order valence-electron chi connectivity index (χ2n) is 5.10.